The number of thiophene rings is 1. The van der Waals surface area contributed by atoms with Crippen molar-refractivity contribution >= 4 is 43.2 Å². The van der Waals surface area contributed by atoms with Gasteiger partial charge in [-0.3, -0.25) is 0 Å². The predicted molar refractivity (Wildman–Crippen MR) is 86.6 cm³/mol. The molecule has 2 aromatic heterocycles. The Bertz CT molecular complexity index is 844. The van der Waals surface area contributed by atoms with Gasteiger partial charge in [0.25, 0.3) is 0 Å². The molecule has 2 N–H and O–H groups in total. The molecule has 0 saturated heterocycles. The van der Waals surface area contributed by atoms with Gasteiger partial charge >= 0.3 is 0 Å². The molecule has 2 heterocycles. The molecule has 3 nitrogen and oxygen atoms in total. The standard InChI is InChI=1S/C15H10BrN3S/c1-8-6-11(9-2-4-10(16)5-3-9)13-14(18)12(7-17)20-15(13)19-8/h2-6H,18H2,1H3. The van der Waals surface area contributed by atoms with Crippen LogP contribution in [0.2, 0.25) is 0 Å². The highest BCUT2D eigenvalue weighted by atomic mass is 79.9. The van der Waals surface area contributed by atoms with Crippen LogP contribution in [-0.2, 0) is 0 Å². The second-order valence-corrected chi connectivity index (χ2v) is 6.37. The SMILES string of the molecule is Cc1cc(-c2ccc(Br)cc2)c2c(N)c(C#N)sc2n1. The van der Waals surface area contributed by atoms with Crippen LogP contribution in [0.4, 0.5) is 5.69 Å². The van der Waals surface area contributed by atoms with Gasteiger partial charge < -0.3 is 5.73 Å². The number of fused-ring (bicyclic) bond motifs is 1. The monoisotopic (exact) mass is 343 g/mol. The molecule has 0 unspecified atom stereocenters. The van der Waals surface area contributed by atoms with Crippen LogP contribution in [0.25, 0.3) is 21.3 Å². The number of nitrogen functional groups attached to an aromatic ring is 1. The Kier molecular flexibility index (Phi) is 3.20. The Hall–Kier alpha value is -1.90. The van der Waals surface area contributed by atoms with Gasteiger partial charge in [0, 0.05) is 15.6 Å². The van der Waals surface area contributed by atoms with Crippen molar-refractivity contribution in [3.63, 3.8) is 0 Å². The van der Waals surface area contributed by atoms with Gasteiger partial charge in [-0.15, -0.1) is 11.3 Å². The number of benzene rings is 1. The van der Waals surface area contributed by atoms with Gasteiger partial charge in [0.2, 0.25) is 0 Å². The number of nitrogens with two attached hydrogens (primary N) is 1. The number of nitriles is 1. The van der Waals surface area contributed by atoms with Crippen LogP contribution < -0.4 is 5.73 Å². The zero-order valence-corrected chi connectivity index (χ0v) is 13.0. The zero-order chi connectivity index (χ0) is 14.3. The minimum atomic E-state index is 0.525. The van der Waals surface area contributed by atoms with Crippen LogP contribution in [-0.4, -0.2) is 4.98 Å². The number of nitrogens with zero attached hydrogens (tertiary/aromatic N) is 2. The van der Waals surface area contributed by atoms with Gasteiger partial charge in [-0.1, -0.05) is 28.1 Å². The van der Waals surface area contributed by atoms with Crippen molar-refractivity contribution in [3.8, 4) is 17.2 Å². The van der Waals surface area contributed by atoms with Crippen molar-refractivity contribution in [1.29, 1.82) is 5.26 Å². The lowest BCUT2D eigenvalue weighted by Crippen LogP contribution is -1.90. The second-order valence-electron chi connectivity index (χ2n) is 4.45. The molecule has 0 aliphatic heterocycles. The van der Waals surface area contributed by atoms with Crippen molar-refractivity contribution in [2.45, 2.75) is 6.92 Å². The van der Waals surface area contributed by atoms with Crippen LogP contribution in [0.3, 0.4) is 0 Å². The van der Waals surface area contributed by atoms with Crippen LogP contribution in [0, 0.1) is 18.3 Å². The third-order valence-electron chi connectivity index (χ3n) is 3.08. The first-order valence-electron chi connectivity index (χ1n) is 5.96. The quantitative estimate of drug-likeness (QED) is 0.707. The van der Waals surface area contributed by atoms with Crippen molar-refractivity contribution < 1.29 is 0 Å². The first kappa shape index (κ1) is 13.1. The molecule has 0 aliphatic rings. The van der Waals surface area contributed by atoms with Gasteiger partial charge in [-0.2, -0.15) is 5.26 Å². The first-order chi connectivity index (χ1) is 9.60. The molecule has 20 heavy (non-hydrogen) atoms. The van der Waals surface area contributed by atoms with E-state index in [1.807, 2.05) is 37.3 Å². The highest BCUT2D eigenvalue weighted by Gasteiger charge is 2.15. The molecule has 0 aliphatic carbocycles. The molecule has 3 aromatic rings. The van der Waals surface area contributed by atoms with Gasteiger partial charge in [-0.25, -0.2) is 4.98 Å². The average Bonchev–Trinajstić information content (AvgIpc) is 2.75. The maximum atomic E-state index is 9.13. The molecular weight excluding hydrogens is 334 g/mol. The molecule has 3 rings (SSSR count). The molecule has 0 spiro atoms. The molecule has 0 atom stereocenters. The maximum Gasteiger partial charge on any atom is 0.130 e. The fourth-order valence-electron chi connectivity index (χ4n) is 2.18. The summed E-state index contributed by atoms with van der Waals surface area (Å²) in [5, 5.41) is 10.0. The summed E-state index contributed by atoms with van der Waals surface area (Å²) in [4.78, 5) is 5.83. The number of pyridine rings is 1. The molecule has 0 bridgehead atoms. The molecule has 0 saturated carbocycles. The highest BCUT2D eigenvalue weighted by molar-refractivity contribution is 9.10. The summed E-state index contributed by atoms with van der Waals surface area (Å²) in [6.45, 7) is 1.95. The number of hydrogen-bond acceptors (Lipinski definition) is 4. The van der Waals surface area contributed by atoms with Crippen molar-refractivity contribution in [2.75, 3.05) is 5.73 Å². The van der Waals surface area contributed by atoms with Gasteiger partial charge in [-0.05, 0) is 36.2 Å². The second kappa shape index (κ2) is 4.89. The van der Waals surface area contributed by atoms with E-state index in [2.05, 4.69) is 27.0 Å². The minimum absolute atomic E-state index is 0.525. The van der Waals surface area contributed by atoms with Crippen molar-refractivity contribution in [3.05, 3.63) is 45.4 Å². The van der Waals surface area contributed by atoms with E-state index in [1.54, 1.807) is 0 Å². The molecule has 1 aromatic carbocycles. The first-order valence-corrected chi connectivity index (χ1v) is 7.56. The van der Waals surface area contributed by atoms with E-state index < -0.39 is 0 Å². The third-order valence-corrected chi connectivity index (χ3v) is 4.62. The smallest absolute Gasteiger partial charge is 0.130 e. The van der Waals surface area contributed by atoms with Crippen molar-refractivity contribution in [2.24, 2.45) is 0 Å². The number of rotatable bonds is 1. The average molecular weight is 344 g/mol. The summed E-state index contributed by atoms with van der Waals surface area (Å²) in [7, 11) is 0. The van der Waals surface area contributed by atoms with E-state index in [9.17, 15) is 0 Å². The third kappa shape index (κ3) is 2.07. The van der Waals surface area contributed by atoms with Gasteiger partial charge in [0.15, 0.2) is 0 Å². The molecule has 0 fully saturated rings. The number of aryl methyl sites for hydroxylation is 1. The summed E-state index contributed by atoms with van der Waals surface area (Å²) < 4.78 is 1.03. The van der Waals surface area contributed by atoms with E-state index in [0.29, 0.717) is 10.6 Å². The summed E-state index contributed by atoms with van der Waals surface area (Å²) in [6.07, 6.45) is 0. The Labute approximate surface area is 128 Å². The highest BCUT2D eigenvalue weighted by Crippen LogP contribution is 2.39. The molecule has 98 valence electrons. The van der Waals surface area contributed by atoms with E-state index in [0.717, 1.165) is 31.5 Å². The number of aromatic nitrogens is 1. The van der Waals surface area contributed by atoms with E-state index in [4.69, 9.17) is 11.0 Å². The topological polar surface area (TPSA) is 62.7 Å². The summed E-state index contributed by atoms with van der Waals surface area (Å²) in [5.41, 5.74) is 9.64. The Morgan fingerprint density at radius 3 is 2.65 bits per heavy atom. The minimum Gasteiger partial charge on any atom is -0.396 e. The zero-order valence-electron chi connectivity index (χ0n) is 10.6. The van der Waals surface area contributed by atoms with Gasteiger partial charge in [0.1, 0.15) is 15.8 Å². The van der Waals surface area contributed by atoms with Crippen LogP contribution in [0.15, 0.2) is 34.8 Å². The van der Waals surface area contributed by atoms with Crippen LogP contribution >= 0.6 is 27.3 Å². The Morgan fingerprint density at radius 2 is 2.00 bits per heavy atom. The van der Waals surface area contributed by atoms with E-state index in [-0.39, 0.29) is 0 Å². The normalized spacial score (nSPS) is 10.7. The van der Waals surface area contributed by atoms with Crippen LogP contribution in [0.5, 0.6) is 0 Å². The molecule has 0 amide bonds. The Balaban J connectivity index is 2.37. The van der Waals surface area contributed by atoms with Crippen LogP contribution in [0.1, 0.15) is 10.6 Å². The number of anilines is 1. The number of halogens is 1. The summed E-state index contributed by atoms with van der Waals surface area (Å²) >= 11 is 4.78. The largest absolute Gasteiger partial charge is 0.396 e. The molecular formula is C15H10BrN3S. The summed E-state index contributed by atoms with van der Waals surface area (Å²) in [5.74, 6) is 0. The fraction of sp³-hybridized carbons (Fsp3) is 0.0667. The summed E-state index contributed by atoms with van der Waals surface area (Å²) in [6, 6.07) is 12.2. The lowest BCUT2D eigenvalue weighted by molar-refractivity contribution is 1.27. The fourth-order valence-corrected chi connectivity index (χ4v) is 3.41. The molecule has 0 radical (unpaired) electrons. The van der Waals surface area contributed by atoms with Gasteiger partial charge in [0.05, 0.1) is 5.69 Å². The van der Waals surface area contributed by atoms with E-state index in [1.165, 1.54) is 11.3 Å². The lowest BCUT2D eigenvalue weighted by Gasteiger charge is -2.06. The van der Waals surface area contributed by atoms with E-state index >= 15 is 0 Å². The lowest BCUT2D eigenvalue weighted by atomic mass is 10.0. The van der Waals surface area contributed by atoms with Crippen molar-refractivity contribution in [1.82, 2.24) is 4.98 Å². The maximum absolute atomic E-state index is 9.13. The number of hydrogen-bond donors (Lipinski definition) is 1. The predicted octanol–water partition coefficient (Wildman–Crippen LogP) is 4.49. The molecule has 5 heteroatoms. The Morgan fingerprint density at radius 1 is 1.30 bits per heavy atom.